The van der Waals surface area contributed by atoms with Gasteiger partial charge in [-0.05, 0) is 32.9 Å². The van der Waals surface area contributed by atoms with E-state index < -0.39 is 11.9 Å². The Kier molecular flexibility index (Phi) is 4.73. The number of carbonyl (C=O) groups excluding carboxylic acids is 2. The Labute approximate surface area is 96.3 Å². The number of hydrogen-bond donors (Lipinski definition) is 0. The van der Waals surface area contributed by atoms with Crippen LogP contribution in [-0.4, -0.2) is 62.5 Å². The fraction of sp³-hybridized carbons (Fsp3) is 0.818. The number of rotatable bonds is 2. The zero-order valence-electron chi connectivity index (χ0n) is 10.2. The predicted molar refractivity (Wildman–Crippen MR) is 59.9 cm³/mol. The van der Waals surface area contributed by atoms with E-state index in [1.807, 2.05) is 14.1 Å². The molecule has 0 radical (unpaired) electrons. The Morgan fingerprint density at radius 2 is 1.88 bits per heavy atom. The van der Waals surface area contributed by atoms with Gasteiger partial charge in [-0.25, -0.2) is 4.79 Å². The van der Waals surface area contributed by atoms with Crippen molar-refractivity contribution in [1.29, 1.82) is 0 Å². The fourth-order valence-corrected chi connectivity index (χ4v) is 2.05. The monoisotopic (exact) mass is 228 g/mol. The van der Waals surface area contributed by atoms with Crippen LogP contribution >= 0.6 is 0 Å². The third-order valence-electron chi connectivity index (χ3n) is 2.89. The summed E-state index contributed by atoms with van der Waals surface area (Å²) in [5.41, 5.74) is 0. The smallest absolute Gasteiger partial charge is 0.396 e. The van der Waals surface area contributed by atoms with Crippen LogP contribution in [0.3, 0.4) is 0 Å². The van der Waals surface area contributed by atoms with Crippen LogP contribution in [0.25, 0.3) is 0 Å². The molecule has 1 saturated heterocycles. The van der Waals surface area contributed by atoms with Crippen LogP contribution in [-0.2, 0) is 14.3 Å². The summed E-state index contributed by atoms with van der Waals surface area (Å²) in [6.45, 7) is 2.36. The molecule has 1 fully saturated rings. The number of piperidine rings is 1. The van der Waals surface area contributed by atoms with Gasteiger partial charge in [0.2, 0.25) is 0 Å². The molecule has 0 N–H and O–H groups in total. The van der Waals surface area contributed by atoms with Gasteiger partial charge in [0, 0.05) is 19.6 Å². The van der Waals surface area contributed by atoms with E-state index >= 15 is 0 Å². The normalized spacial score (nSPS) is 17.6. The maximum atomic E-state index is 11.5. The van der Waals surface area contributed by atoms with Crippen LogP contribution in [0.15, 0.2) is 0 Å². The van der Waals surface area contributed by atoms with Gasteiger partial charge >= 0.3 is 11.9 Å². The van der Waals surface area contributed by atoms with E-state index in [0.717, 1.165) is 19.4 Å². The average Bonchev–Trinajstić information content (AvgIpc) is 2.27. The second kappa shape index (κ2) is 5.84. The van der Waals surface area contributed by atoms with Crippen molar-refractivity contribution in [2.24, 2.45) is 5.92 Å². The van der Waals surface area contributed by atoms with Crippen molar-refractivity contribution in [3.63, 3.8) is 0 Å². The minimum Gasteiger partial charge on any atom is -0.462 e. The summed E-state index contributed by atoms with van der Waals surface area (Å²) in [6.07, 6.45) is 1.92. The molecule has 0 bridgehead atoms. The summed E-state index contributed by atoms with van der Waals surface area (Å²) < 4.78 is 4.42. The Morgan fingerprint density at radius 3 is 2.31 bits per heavy atom. The first-order valence-corrected chi connectivity index (χ1v) is 5.56. The largest absolute Gasteiger partial charge is 0.462 e. The van der Waals surface area contributed by atoms with E-state index in [1.54, 1.807) is 4.90 Å². The number of methoxy groups -OCH3 is 1. The third kappa shape index (κ3) is 3.48. The highest BCUT2D eigenvalue weighted by Gasteiger charge is 2.27. The summed E-state index contributed by atoms with van der Waals surface area (Å²) in [6, 6.07) is 0. The highest BCUT2D eigenvalue weighted by Crippen LogP contribution is 2.17. The van der Waals surface area contributed by atoms with Gasteiger partial charge < -0.3 is 14.5 Å². The quantitative estimate of drug-likeness (QED) is 0.491. The summed E-state index contributed by atoms with van der Waals surface area (Å²) in [7, 11) is 5.33. The molecule has 1 rings (SSSR count). The van der Waals surface area contributed by atoms with Gasteiger partial charge in [-0.2, -0.15) is 0 Å². The summed E-state index contributed by atoms with van der Waals surface area (Å²) >= 11 is 0. The maximum absolute atomic E-state index is 11.5. The van der Waals surface area contributed by atoms with Crippen molar-refractivity contribution in [3.05, 3.63) is 0 Å². The van der Waals surface area contributed by atoms with Crippen LogP contribution in [0, 0.1) is 5.92 Å². The molecule has 1 heterocycles. The summed E-state index contributed by atoms with van der Waals surface area (Å²) in [4.78, 5) is 26.3. The van der Waals surface area contributed by atoms with Crippen LogP contribution in [0.1, 0.15) is 12.8 Å². The lowest BCUT2D eigenvalue weighted by atomic mass is 9.96. The zero-order valence-corrected chi connectivity index (χ0v) is 10.2. The molecule has 92 valence electrons. The number of ether oxygens (including phenoxy) is 1. The van der Waals surface area contributed by atoms with Gasteiger partial charge in [-0.1, -0.05) is 0 Å². The second-order valence-corrected chi connectivity index (χ2v) is 4.49. The average molecular weight is 228 g/mol. The lowest BCUT2D eigenvalue weighted by molar-refractivity contribution is -0.158. The Bertz CT molecular complexity index is 258. The molecule has 0 saturated carbocycles. The van der Waals surface area contributed by atoms with Crippen molar-refractivity contribution in [2.45, 2.75) is 12.8 Å². The molecule has 0 aromatic carbocycles. The third-order valence-corrected chi connectivity index (χ3v) is 2.89. The van der Waals surface area contributed by atoms with Crippen molar-refractivity contribution < 1.29 is 14.3 Å². The standard InChI is InChI=1S/C11H20N2O3/c1-12(2)8-9-4-6-13(7-5-9)10(14)11(15)16-3/h9H,4-8H2,1-3H3. The second-order valence-electron chi connectivity index (χ2n) is 4.49. The minimum absolute atomic E-state index is 0.509. The van der Waals surface area contributed by atoms with Crippen LogP contribution < -0.4 is 0 Å². The molecule has 0 aliphatic carbocycles. The minimum atomic E-state index is -0.758. The van der Waals surface area contributed by atoms with Gasteiger partial charge in [0.05, 0.1) is 7.11 Å². The van der Waals surface area contributed by atoms with Crippen LogP contribution in [0.2, 0.25) is 0 Å². The fourth-order valence-electron chi connectivity index (χ4n) is 2.05. The van der Waals surface area contributed by atoms with Crippen molar-refractivity contribution in [3.8, 4) is 0 Å². The summed E-state index contributed by atoms with van der Waals surface area (Å²) in [5, 5.41) is 0. The molecule has 5 heteroatoms. The topological polar surface area (TPSA) is 49.9 Å². The highest BCUT2D eigenvalue weighted by atomic mass is 16.5. The Morgan fingerprint density at radius 1 is 1.31 bits per heavy atom. The first kappa shape index (κ1) is 13.0. The number of nitrogens with zero attached hydrogens (tertiary/aromatic N) is 2. The first-order valence-electron chi connectivity index (χ1n) is 5.56. The van der Waals surface area contributed by atoms with Gasteiger partial charge in [-0.3, -0.25) is 4.79 Å². The maximum Gasteiger partial charge on any atom is 0.396 e. The molecule has 0 unspecified atom stereocenters. The molecule has 16 heavy (non-hydrogen) atoms. The summed E-state index contributed by atoms with van der Waals surface area (Å²) in [5.74, 6) is -0.645. The first-order chi connectivity index (χ1) is 7.54. The van der Waals surface area contributed by atoms with Gasteiger partial charge in [0.1, 0.15) is 0 Å². The molecule has 0 atom stereocenters. The SMILES string of the molecule is COC(=O)C(=O)N1CCC(CN(C)C)CC1. The molecule has 5 nitrogen and oxygen atoms in total. The van der Waals surface area contributed by atoms with E-state index in [9.17, 15) is 9.59 Å². The van der Waals surface area contributed by atoms with Gasteiger partial charge in [0.25, 0.3) is 0 Å². The van der Waals surface area contributed by atoms with E-state index in [-0.39, 0.29) is 0 Å². The van der Waals surface area contributed by atoms with Gasteiger partial charge in [0.15, 0.2) is 0 Å². The van der Waals surface area contributed by atoms with E-state index in [2.05, 4.69) is 9.64 Å². The van der Waals surface area contributed by atoms with Crippen molar-refractivity contribution in [2.75, 3.05) is 40.8 Å². The van der Waals surface area contributed by atoms with Crippen molar-refractivity contribution >= 4 is 11.9 Å². The molecule has 0 spiro atoms. The molecule has 1 aliphatic heterocycles. The molecule has 0 aromatic rings. The van der Waals surface area contributed by atoms with Gasteiger partial charge in [-0.15, -0.1) is 0 Å². The Balaban J connectivity index is 2.37. The Hall–Kier alpha value is -1.10. The number of amides is 1. The molecule has 0 aromatic heterocycles. The highest BCUT2D eigenvalue weighted by molar-refractivity contribution is 6.32. The van der Waals surface area contributed by atoms with Crippen molar-refractivity contribution in [1.82, 2.24) is 9.80 Å². The van der Waals surface area contributed by atoms with Crippen LogP contribution in [0.4, 0.5) is 0 Å². The van der Waals surface area contributed by atoms with E-state index in [4.69, 9.17) is 0 Å². The molecular formula is C11H20N2O3. The van der Waals surface area contributed by atoms with Crippen LogP contribution in [0.5, 0.6) is 0 Å². The number of likely N-dealkylation sites (tertiary alicyclic amines) is 1. The van der Waals surface area contributed by atoms with E-state index in [1.165, 1.54) is 7.11 Å². The van der Waals surface area contributed by atoms with E-state index in [0.29, 0.717) is 19.0 Å². The number of esters is 1. The molecular weight excluding hydrogens is 208 g/mol. The predicted octanol–water partition coefficient (Wildman–Crippen LogP) is -0.0404. The number of carbonyl (C=O) groups is 2. The molecule has 1 amide bonds. The molecule has 1 aliphatic rings. The number of hydrogen-bond acceptors (Lipinski definition) is 4. The lowest BCUT2D eigenvalue weighted by Crippen LogP contribution is -2.43. The zero-order chi connectivity index (χ0) is 12.1. The lowest BCUT2D eigenvalue weighted by Gasteiger charge is -2.32.